The minimum atomic E-state index is -5.30. The molecule has 0 heterocycles. The molecule has 9 rings (SSSR count). The van der Waals surface area contributed by atoms with Gasteiger partial charge in [-0.1, -0.05) is 0 Å². The van der Waals surface area contributed by atoms with E-state index in [4.69, 9.17) is 13.5 Å². The van der Waals surface area contributed by atoms with Crippen LogP contribution in [-0.4, -0.2) is 31.2 Å². The van der Waals surface area contributed by atoms with Crippen LogP contribution in [0.4, 0.5) is 26.3 Å². The molecule has 0 saturated heterocycles. The third-order valence-electron chi connectivity index (χ3n) is 13.5. The van der Waals surface area contributed by atoms with Crippen LogP contribution < -0.4 is 36.5 Å². The van der Waals surface area contributed by atoms with Gasteiger partial charge in [-0.05, 0) is 0 Å². The van der Waals surface area contributed by atoms with Crippen LogP contribution in [0.3, 0.4) is 0 Å². The quantitative estimate of drug-likeness (QED) is 0.0295. The van der Waals surface area contributed by atoms with Crippen LogP contribution in [0.2, 0.25) is 0 Å². The molecule has 0 unspecified atom stereocenters. The van der Waals surface area contributed by atoms with Crippen molar-refractivity contribution in [3.8, 4) is 5.75 Å². The number of alkyl halides is 6. The Labute approximate surface area is 447 Å². The molecule has 0 spiro atoms. The molecule has 0 fully saturated rings. The van der Waals surface area contributed by atoms with Crippen molar-refractivity contribution in [1.82, 2.24) is 0 Å². The van der Waals surface area contributed by atoms with Crippen LogP contribution in [0.5, 0.6) is 5.75 Å². The average Bonchev–Trinajstić information content (AvgIpc) is 3.55. The second-order valence-electron chi connectivity index (χ2n) is 18.1. The van der Waals surface area contributed by atoms with E-state index < -0.39 is 74.1 Å². The average molecular weight is 1100 g/mol. The van der Waals surface area contributed by atoms with Gasteiger partial charge < -0.3 is 0 Å². The molecule has 384 valence electrons. The van der Waals surface area contributed by atoms with Crippen LogP contribution in [0.25, 0.3) is 0 Å². The maximum absolute atomic E-state index is 15.6. The Balaban J connectivity index is 1.47. The van der Waals surface area contributed by atoms with Crippen LogP contribution >= 0.6 is 38.9 Å². The number of hydrogen-bond acceptors (Lipinski definition) is 7. The fourth-order valence-electron chi connectivity index (χ4n) is 9.91. The van der Waals surface area contributed by atoms with E-state index in [1.54, 1.807) is 231 Å². The number of ketones is 2. The van der Waals surface area contributed by atoms with Gasteiger partial charge in [-0.25, -0.2) is 0 Å². The number of benzene rings is 9. The number of rotatable bonds is 18. The zero-order valence-corrected chi connectivity index (χ0v) is 43.8. The molecule has 0 aliphatic heterocycles. The summed E-state index contributed by atoms with van der Waals surface area (Å²) >= 11 is 8.96. The number of Topliss-reactive ketones (excluding diaryl/α,β-unsaturated/α-hetero) is 2. The number of carbonyl (C=O) groups excluding carboxylic acids is 2. The molecule has 0 radical (unpaired) electrons. The first-order valence-electron chi connectivity index (χ1n) is 23.8. The van der Waals surface area contributed by atoms with E-state index in [0.29, 0.717) is 53.8 Å². The van der Waals surface area contributed by atoms with E-state index >= 15 is 9.59 Å². The standard InChI is InChI=1S/C60H47BF6O5P2S2/c62-59(63,64)46-39-47(60(65,66)67)41-48(40-46)70-61(71-73(49-19-7-1-8-20-49,50-21-9-2-10-22-50,51-23-11-3-12-24-51)42-57(68)44-31-35-55(75)36-32-44)72-74(52-25-13-4-14-26-52,53-27-15-5-16-28-53,54-29-17-6-18-30-54)43-58(69)45-33-37-56(76)38-34-45/h1-41,75-76H,42-43H2. The summed E-state index contributed by atoms with van der Waals surface area (Å²) in [4.78, 5) is 32.4. The summed E-state index contributed by atoms with van der Waals surface area (Å²) in [7, 11) is -2.39. The summed E-state index contributed by atoms with van der Waals surface area (Å²) in [6, 6.07) is 66.8. The Hall–Kier alpha value is -6.76. The second kappa shape index (κ2) is 21.7. The number of hydrogen-bond donors (Lipinski definition) is 2. The molecule has 0 amide bonds. The van der Waals surface area contributed by atoms with Gasteiger partial charge in [0.2, 0.25) is 0 Å². The number of thiol groups is 2. The normalized spacial score (nSPS) is 13.1. The Morgan fingerprint density at radius 1 is 0.382 bits per heavy atom. The van der Waals surface area contributed by atoms with Crippen LogP contribution in [0.1, 0.15) is 31.8 Å². The van der Waals surface area contributed by atoms with Gasteiger partial charge in [0.1, 0.15) is 0 Å². The molecule has 0 aliphatic carbocycles. The summed E-state index contributed by atoms with van der Waals surface area (Å²) in [6.45, 7) is -10.6. The first kappa shape index (κ1) is 54.0. The van der Waals surface area contributed by atoms with Crippen LogP contribution in [0.15, 0.2) is 259 Å². The molecule has 0 atom stereocenters. The molecule has 16 heteroatoms. The van der Waals surface area contributed by atoms with Gasteiger partial charge in [0.15, 0.2) is 0 Å². The van der Waals surface area contributed by atoms with Gasteiger partial charge in [-0.3, -0.25) is 0 Å². The molecule has 5 nitrogen and oxygen atoms in total. The van der Waals surface area contributed by atoms with Gasteiger partial charge in [-0.15, -0.1) is 0 Å². The molecule has 76 heavy (non-hydrogen) atoms. The van der Waals surface area contributed by atoms with Crippen LogP contribution in [-0.2, 0) is 21.2 Å². The SMILES string of the molecule is O=C(CP(OB(Oc1cc(C(F)(F)F)cc(C(F)(F)F)c1)OP(CC(=O)c1ccc(S)cc1)(c1ccccc1)(c1ccccc1)c1ccccc1)(c1ccccc1)(c1ccccc1)c1ccccc1)c1ccc(S)cc1. The van der Waals surface area contributed by atoms with Crippen molar-refractivity contribution in [3.05, 3.63) is 271 Å². The van der Waals surface area contributed by atoms with Gasteiger partial charge in [0.05, 0.1) is 0 Å². The van der Waals surface area contributed by atoms with Crippen molar-refractivity contribution < 1.29 is 49.5 Å². The van der Waals surface area contributed by atoms with Gasteiger partial charge in [0, 0.05) is 0 Å². The predicted octanol–water partition coefficient (Wildman–Crippen LogP) is 13.4. The fraction of sp³-hybridized carbons (Fsp3) is 0.0667. The second-order valence-corrected chi connectivity index (χ2v) is 28.1. The van der Waals surface area contributed by atoms with Gasteiger partial charge in [0.25, 0.3) is 0 Å². The Kier molecular flexibility index (Phi) is 15.4. The van der Waals surface area contributed by atoms with Crippen molar-refractivity contribution >= 4 is 89.6 Å². The Bertz CT molecular complexity index is 3030. The molecule has 0 aromatic heterocycles. The van der Waals surface area contributed by atoms with Crippen LogP contribution in [0, 0.1) is 0 Å². The molecule has 9 aromatic carbocycles. The summed E-state index contributed by atoms with van der Waals surface area (Å²) in [6.07, 6.45) is -11.6. The van der Waals surface area contributed by atoms with E-state index in [0.717, 1.165) is 0 Å². The van der Waals surface area contributed by atoms with E-state index in [-0.39, 0.29) is 17.2 Å². The van der Waals surface area contributed by atoms with Gasteiger partial charge >= 0.3 is 450 Å². The number of halogens is 6. The van der Waals surface area contributed by atoms with E-state index in [1.165, 1.54) is 0 Å². The van der Waals surface area contributed by atoms with Crippen molar-refractivity contribution in [2.75, 3.05) is 12.3 Å². The third-order valence-corrected chi connectivity index (χ3v) is 25.5. The monoisotopic (exact) mass is 1100 g/mol. The van der Waals surface area contributed by atoms with E-state index in [2.05, 4.69) is 25.3 Å². The third kappa shape index (κ3) is 10.3. The molecule has 0 N–H and O–H groups in total. The van der Waals surface area contributed by atoms with Crippen molar-refractivity contribution in [3.63, 3.8) is 0 Å². The van der Waals surface area contributed by atoms with E-state index in [9.17, 15) is 26.3 Å². The summed E-state index contributed by atoms with van der Waals surface area (Å²) in [5, 5.41) is 2.53. The van der Waals surface area contributed by atoms with Gasteiger partial charge in [-0.2, -0.15) is 0 Å². The first-order valence-corrected chi connectivity index (χ1v) is 29.4. The molecular formula is C60H47BF6O5P2S2. The molecule has 9 aromatic rings. The molecular weight excluding hydrogens is 1050 g/mol. The zero-order chi connectivity index (χ0) is 53.7. The Morgan fingerprint density at radius 3 is 0.868 bits per heavy atom. The number of carbonyl (C=O) groups is 2. The van der Waals surface area contributed by atoms with Crippen molar-refractivity contribution in [2.45, 2.75) is 22.1 Å². The zero-order valence-electron chi connectivity index (χ0n) is 40.3. The summed E-state index contributed by atoms with van der Waals surface area (Å²) < 4.78 is 113. The fourth-order valence-corrected chi connectivity index (χ4v) is 21.3. The minimum absolute atomic E-state index is 0.00293. The van der Waals surface area contributed by atoms with Crippen molar-refractivity contribution in [2.24, 2.45) is 0 Å². The molecule has 0 aliphatic rings. The predicted molar refractivity (Wildman–Crippen MR) is 301 cm³/mol. The topological polar surface area (TPSA) is 61.8 Å². The van der Waals surface area contributed by atoms with Crippen molar-refractivity contribution in [1.29, 1.82) is 0 Å². The molecule has 0 bridgehead atoms. The first-order chi connectivity index (χ1) is 36.4. The molecule has 0 saturated carbocycles. The summed E-state index contributed by atoms with van der Waals surface area (Å²) in [5.41, 5.74) is -2.83. The summed E-state index contributed by atoms with van der Waals surface area (Å²) in [5.74, 6) is -1.83. The van der Waals surface area contributed by atoms with E-state index in [1.807, 2.05) is 0 Å². The Morgan fingerprint density at radius 2 is 0.632 bits per heavy atom. The maximum atomic E-state index is 15.6.